The Bertz CT molecular complexity index is 947. The molecule has 1 heterocycles. The number of nitrogens with one attached hydrogen (secondary N) is 2. The third-order valence-corrected chi connectivity index (χ3v) is 5.06. The van der Waals surface area contributed by atoms with Crippen LogP contribution in [-0.2, 0) is 0 Å². The van der Waals surface area contributed by atoms with E-state index >= 15 is 0 Å². The van der Waals surface area contributed by atoms with Gasteiger partial charge in [-0.3, -0.25) is 0 Å². The SMILES string of the molecule is C=C(C)Nc1ccc(C2=C(C)N/C(=C(\C)C(=C)c3ccccc3)N(C)C2)cc1. The summed E-state index contributed by atoms with van der Waals surface area (Å²) in [5.74, 6) is 1.11. The second-order valence-corrected chi connectivity index (χ2v) is 7.39. The van der Waals surface area contributed by atoms with Crippen LogP contribution in [0.3, 0.4) is 0 Å². The van der Waals surface area contributed by atoms with Crippen LogP contribution in [0.5, 0.6) is 0 Å². The molecule has 0 spiro atoms. The van der Waals surface area contributed by atoms with E-state index in [-0.39, 0.29) is 0 Å². The number of hydrogen-bond donors (Lipinski definition) is 2. The first-order valence-corrected chi connectivity index (χ1v) is 9.53. The zero-order chi connectivity index (χ0) is 20.3. The van der Waals surface area contributed by atoms with Crippen LogP contribution in [-0.4, -0.2) is 18.5 Å². The first-order chi connectivity index (χ1) is 13.4. The summed E-state index contributed by atoms with van der Waals surface area (Å²) in [6.07, 6.45) is 0. The minimum absolute atomic E-state index is 0.848. The molecule has 0 aromatic heterocycles. The molecular formula is C25H29N3. The van der Waals surface area contributed by atoms with E-state index < -0.39 is 0 Å². The third kappa shape index (κ3) is 4.20. The van der Waals surface area contributed by atoms with Crippen LogP contribution in [0.4, 0.5) is 5.69 Å². The Kier molecular flexibility index (Phi) is 5.74. The molecule has 1 aliphatic rings. The molecule has 0 aliphatic carbocycles. The number of anilines is 1. The maximum atomic E-state index is 4.32. The number of benzene rings is 2. The van der Waals surface area contributed by atoms with Gasteiger partial charge in [0.15, 0.2) is 0 Å². The largest absolute Gasteiger partial charge is 0.360 e. The van der Waals surface area contributed by atoms with E-state index in [4.69, 9.17) is 0 Å². The summed E-state index contributed by atoms with van der Waals surface area (Å²) in [7, 11) is 2.12. The van der Waals surface area contributed by atoms with Crippen LogP contribution < -0.4 is 10.6 Å². The Morgan fingerprint density at radius 2 is 1.64 bits per heavy atom. The van der Waals surface area contributed by atoms with Crippen molar-refractivity contribution in [2.45, 2.75) is 20.8 Å². The van der Waals surface area contributed by atoms with Gasteiger partial charge < -0.3 is 15.5 Å². The van der Waals surface area contributed by atoms with Gasteiger partial charge in [0.05, 0.1) is 0 Å². The average molecular weight is 372 g/mol. The highest BCUT2D eigenvalue weighted by Crippen LogP contribution is 2.30. The molecule has 0 bridgehead atoms. The zero-order valence-electron chi connectivity index (χ0n) is 17.3. The standard InChI is InChI=1S/C25H29N3/c1-17(2)26-23-14-12-22(13-15-23)24-16-28(6)25(27-20(24)5)19(4)18(3)21-10-8-7-9-11-21/h7-15,26-27H,1,3,16H2,2,4-6H3/b25-19-. The van der Waals surface area contributed by atoms with Gasteiger partial charge in [-0.2, -0.15) is 0 Å². The molecule has 2 aromatic carbocycles. The van der Waals surface area contributed by atoms with E-state index in [2.05, 4.69) is 86.0 Å². The predicted molar refractivity (Wildman–Crippen MR) is 121 cm³/mol. The van der Waals surface area contributed by atoms with Crippen molar-refractivity contribution in [1.82, 2.24) is 10.2 Å². The lowest BCUT2D eigenvalue weighted by molar-refractivity contribution is 0.421. The first kappa shape index (κ1) is 19.6. The Morgan fingerprint density at radius 3 is 2.25 bits per heavy atom. The lowest BCUT2D eigenvalue weighted by Gasteiger charge is -2.34. The highest BCUT2D eigenvalue weighted by atomic mass is 15.2. The highest BCUT2D eigenvalue weighted by Gasteiger charge is 2.21. The topological polar surface area (TPSA) is 27.3 Å². The first-order valence-electron chi connectivity index (χ1n) is 9.53. The molecule has 0 atom stereocenters. The summed E-state index contributed by atoms with van der Waals surface area (Å²) in [6.45, 7) is 15.3. The molecule has 3 nitrogen and oxygen atoms in total. The van der Waals surface area contributed by atoms with Gasteiger partial charge in [-0.1, -0.05) is 55.6 Å². The van der Waals surface area contributed by atoms with Gasteiger partial charge in [0.2, 0.25) is 0 Å². The van der Waals surface area contributed by atoms with Crippen molar-refractivity contribution in [3.8, 4) is 0 Å². The van der Waals surface area contributed by atoms with Gasteiger partial charge in [0.25, 0.3) is 0 Å². The second kappa shape index (κ2) is 8.22. The van der Waals surface area contributed by atoms with Crippen molar-refractivity contribution in [1.29, 1.82) is 0 Å². The predicted octanol–water partition coefficient (Wildman–Crippen LogP) is 5.84. The Morgan fingerprint density at radius 1 is 1.00 bits per heavy atom. The molecule has 3 heteroatoms. The van der Waals surface area contributed by atoms with Crippen LogP contribution in [0, 0.1) is 0 Å². The van der Waals surface area contributed by atoms with E-state index in [1.807, 2.05) is 25.1 Å². The van der Waals surface area contributed by atoms with Gasteiger partial charge in [-0.25, -0.2) is 0 Å². The van der Waals surface area contributed by atoms with E-state index in [1.54, 1.807) is 0 Å². The number of rotatable bonds is 5. The lowest BCUT2D eigenvalue weighted by Crippen LogP contribution is -2.36. The van der Waals surface area contributed by atoms with Crippen LogP contribution in [0.1, 0.15) is 31.9 Å². The summed E-state index contributed by atoms with van der Waals surface area (Å²) in [6, 6.07) is 18.8. The fraction of sp³-hybridized carbons (Fsp3) is 0.200. The zero-order valence-corrected chi connectivity index (χ0v) is 17.3. The number of nitrogens with zero attached hydrogens (tertiary/aromatic N) is 1. The van der Waals surface area contributed by atoms with E-state index in [1.165, 1.54) is 16.8 Å². The van der Waals surface area contributed by atoms with Crippen LogP contribution in [0.25, 0.3) is 11.1 Å². The van der Waals surface area contributed by atoms with Crippen LogP contribution >= 0.6 is 0 Å². The lowest BCUT2D eigenvalue weighted by atomic mass is 9.97. The average Bonchev–Trinajstić information content (AvgIpc) is 2.69. The normalized spacial score (nSPS) is 15.8. The minimum Gasteiger partial charge on any atom is -0.360 e. The molecule has 3 rings (SSSR count). The van der Waals surface area contributed by atoms with Crippen molar-refractivity contribution in [2.75, 3.05) is 18.9 Å². The molecule has 0 amide bonds. The summed E-state index contributed by atoms with van der Waals surface area (Å²) in [5, 5.41) is 6.86. The van der Waals surface area contributed by atoms with E-state index in [9.17, 15) is 0 Å². The maximum absolute atomic E-state index is 4.32. The monoisotopic (exact) mass is 371 g/mol. The molecule has 2 aromatic rings. The fourth-order valence-corrected chi connectivity index (χ4v) is 3.47. The number of hydrogen-bond acceptors (Lipinski definition) is 3. The molecule has 144 valence electrons. The van der Waals surface area contributed by atoms with Crippen LogP contribution in [0.15, 0.2) is 90.5 Å². The summed E-state index contributed by atoms with van der Waals surface area (Å²) in [4.78, 5) is 2.26. The second-order valence-electron chi connectivity index (χ2n) is 7.39. The third-order valence-electron chi connectivity index (χ3n) is 5.06. The van der Waals surface area contributed by atoms with Gasteiger partial charge in [-0.15, -0.1) is 0 Å². The van der Waals surface area contributed by atoms with Crippen molar-refractivity contribution in [3.05, 3.63) is 102 Å². The summed E-state index contributed by atoms with van der Waals surface area (Å²) >= 11 is 0. The molecule has 1 aliphatic heterocycles. The molecule has 0 saturated heterocycles. The Labute approximate surface area is 168 Å². The van der Waals surface area contributed by atoms with Crippen LogP contribution in [0.2, 0.25) is 0 Å². The fourth-order valence-electron chi connectivity index (χ4n) is 3.47. The van der Waals surface area contributed by atoms with Gasteiger partial charge in [0, 0.05) is 30.7 Å². The molecule has 0 saturated carbocycles. The quantitative estimate of drug-likeness (QED) is 0.691. The molecular weight excluding hydrogens is 342 g/mol. The van der Waals surface area contributed by atoms with Crippen molar-refractivity contribution >= 4 is 16.8 Å². The Balaban J connectivity index is 1.87. The summed E-state index contributed by atoms with van der Waals surface area (Å²) in [5.41, 5.74) is 9.04. The van der Waals surface area contributed by atoms with Gasteiger partial charge >= 0.3 is 0 Å². The molecule has 2 N–H and O–H groups in total. The van der Waals surface area contributed by atoms with Crippen molar-refractivity contribution < 1.29 is 0 Å². The van der Waals surface area contributed by atoms with E-state index in [0.717, 1.165) is 40.5 Å². The van der Waals surface area contributed by atoms with E-state index in [0.29, 0.717) is 0 Å². The van der Waals surface area contributed by atoms with Crippen molar-refractivity contribution in [2.24, 2.45) is 0 Å². The molecule has 0 radical (unpaired) electrons. The van der Waals surface area contributed by atoms with Gasteiger partial charge in [-0.05, 0) is 60.8 Å². The molecule has 0 fully saturated rings. The molecule has 0 unspecified atom stereocenters. The van der Waals surface area contributed by atoms with Gasteiger partial charge in [0.1, 0.15) is 5.82 Å². The molecule has 28 heavy (non-hydrogen) atoms. The Hall–Kier alpha value is -3.20. The minimum atomic E-state index is 0.848. The maximum Gasteiger partial charge on any atom is 0.109 e. The van der Waals surface area contributed by atoms with Crippen molar-refractivity contribution in [3.63, 3.8) is 0 Å². The summed E-state index contributed by atoms with van der Waals surface area (Å²) < 4.78 is 0. The number of likely N-dealkylation sites (N-methyl/N-ethyl adjacent to an activating group) is 1. The smallest absolute Gasteiger partial charge is 0.109 e. The number of allylic oxidation sites excluding steroid dienone is 4. The highest BCUT2D eigenvalue weighted by molar-refractivity contribution is 5.78.